The highest BCUT2D eigenvalue weighted by atomic mass is 16.4. The lowest BCUT2D eigenvalue weighted by Crippen LogP contribution is -2.29. The van der Waals surface area contributed by atoms with Gasteiger partial charge >= 0.3 is 5.97 Å². The number of nitrogens with one attached hydrogen (secondary N) is 1. The third kappa shape index (κ3) is 3.26. The van der Waals surface area contributed by atoms with E-state index in [0.29, 0.717) is 23.0 Å². The third-order valence-electron chi connectivity index (χ3n) is 2.92. The summed E-state index contributed by atoms with van der Waals surface area (Å²) in [4.78, 5) is 46.2. The van der Waals surface area contributed by atoms with E-state index in [1.807, 2.05) is 0 Å². The number of carboxylic acid groups (broad SMARTS) is 1. The number of benzene rings is 1. The Morgan fingerprint density at radius 3 is 2.36 bits per heavy atom. The van der Waals surface area contributed by atoms with Crippen molar-refractivity contribution < 1.29 is 24.3 Å². The molecule has 0 saturated carbocycles. The first kappa shape index (κ1) is 15.2. The summed E-state index contributed by atoms with van der Waals surface area (Å²) in [5.41, 5.74) is 1.40. The molecule has 7 nitrogen and oxygen atoms in total. The van der Waals surface area contributed by atoms with Crippen LogP contribution >= 0.6 is 0 Å². The van der Waals surface area contributed by atoms with E-state index >= 15 is 0 Å². The lowest BCUT2D eigenvalue weighted by molar-refractivity contribution is -0.131. The van der Waals surface area contributed by atoms with Gasteiger partial charge in [0, 0.05) is 30.0 Å². The zero-order chi connectivity index (χ0) is 16.3. The van der Waals surface area contributed by atoms with E-state index in [0.717, 1.165) is 23.1 Å². The summed E-state index contributed by atoms with van der Waals surface area (Å²) in [6, 6.07) is 4.70. The van der Waals surface area contributed by atoms with Gasteiger partial charge in [-0.25, -0.2) is 9.69 Å². The molecule has 1 aliphatic heterocycles. The predicted molar refractivity (Wildman–Crippen MR) is 78.2 cm³/mol. The molecule has 0 bridgehead atoms. The van der Waals surface area contributed by atoms with Crippen LogP contribution in [0, 0.1) is 6.92 Å². The van der Waals surface area contributed by atoms with Crippen LogP contribution in [-0.4, -0.2) is 28.8 Å². The first-order valence-electron chi connectivity index (χ1n) is 6.27. The fourth-order valence-corrected chi connectivity index (χ4v) is 1.86. The molecule has 1 heterocycles. The monoisotopic (exact) mass is 300 g/mol. The van der Waals surface area contributed by atoms with Crippen LogP contribution in [0.2, 0.25) is 0 Å². The quantitative estimate of drug-likeness (QED) is 0.638. The van der Waals surface area contributed by atoms with E-state index in [1.54, 1.807) is 19.1 Å². The summed E-state index contributed by atoms with van der Waals surface area (Å²) in [5.74, 6) is -2.78. The topological polar surface area (TPSA) is 104 Å². The normalized spacial score (nSPS) is 14.0. The number of amides is 3. The Balaban J connectivity index is 2.24. The summed E-state index contributed by atoms with van der Waals surface area (Å²) in [7, 11) is 0. The minimum atomic E-state index is -1.24. The second-order valence-corrected chi connectivity index (χ2v) is 4.51. The number of rotatable bonds is 4. The van der Waals surface area contributed by atoms with Crippen LogP contribution in [0.3, 0.4) is 0 Å². The Morgan fingerprint density at radius 1 is 1.14 bits per heavy atom. The lowest BCUT2D eigenvalue weighted by atomic mass is 10.1. The first-order chi connectivity index (χ1) is 10.4. The van der Waals surface area contributed by atoms with Crippen molar-refractivity contribution in [3.8, 4) is 0 Å². The summed E-state index contributed by atoms with van der Waals surface area (Å²) >= 11 is 0. The van der Waals surface area contributed by atoms with Crippen molar-refractivity contribution in [3.63, 3.8) is 0 Å². The average molecular weight is 300 g/mol. The van der Waals surface area contributed by atoms with Gasteiger partial charge in [0.2, 0.25) is 5.91 Å². The van der Waals surface area contributed by atoms with E-state index < -0.39 is 23.7 Å². The molecule has 7 heteroatoms. The molecule has 0 aliphatic carbocycles. The van der Waals surface area contributed by atoms with Crippen molar-refractivity contribution >= 4 is 35.1 Å². The molecule has 2 rings (SSSR count). The van der Waals surface area contributed by atoms with Gasteiger partial charge in [0.1, 0.15) is 0 Å². The van der Waals surface area contributed by atoms with Crippen molar-refractivity contribution in [2.24, 2.45) is 0 Å². The molecule has 0 spiro atoms. The standard InChI is InChI=1S/C15H12N2O5/c1-9-2-3-10(17-13(19)5-6-14(17)20)8-11(9)16-12(18)4-7-15(21)22/h2-8H,1H3,(H,16,18)(H,21,22)/b7-4+. The number of hydrogen-bond acceptors (Lipinski definition) is 4. The Morgan fingerprint density at radius 2 is 1.77 bits per heavy atom. The number of anilines is 2. The van der Waals surface area contributed by atoms with Gasteiger partial charge in [-0.2, -0.15) is 0 Å². The highest BCUT2D eigenvalue weighted by molar-refractivity contribution is 6.28. The van der Waals surface area contributed by atoms with Crippen LogP contribution in [0.15, 0.2) is 42.5 Å². The average Bonchev–Trinajstić information content (AvgIpc) is 2.79. The van der Waals surface area contributed by atoms with Gasteiger partial charge in [0.25, 0.3) is 11.8 Å². The van der Waals surface area contributed by atoms with Gasteiger partial charge in [-0.3, -0.25) is 14.4 Å². The van der Waals surface area contributed by atoms with Crippen LogP contribution < -0.4 is 10.2 Å². The number of carboxylic acids is 1. The highest BCUT2D eigenvalue weighted by Crippen LogP contribution is 2.25. The molecule has 1 aromatic rings. The fraction of sp³-hybridized carbons (Fsp3) is 0.0667. The largest absolute Gasteiger partial charge is 0.478 e. The molecule has 0 radical (unpaired) electrons. The SMILES string of the molecule is Cc1ccc(N2C(=O)C=CC2=O)cc1NC(=O)/C=C/C(=O)O. The maximum Gasteiger partial charge on any atom is 0.328 e. The van der Waals surface area contributed by atoms with Crippen LogP contribution in [0.5, 0.6) is 0 Å². The van der Waals surface area contributed by atoms with Crippen molar-refractivity contribution in [3.05, 3.63) is 48.1 Å². The summed E-state index contributed by atoms with van der Waals surface area (Å²) in [5, 5.41) is 11.0. The number of carbonyl (C=O) groups is 4. The van der Waals surface area contributed by atoms with Crippen molar-refractivity contribution in [1.82, 2.24) is 0 Å². The van der Waals surface area contributed by atoms with Gasteiger partial charge in [0.15, 0.2) is 0 Å². The fourth-order valence-electron chi connectivity index (χ4n) is 1.86. The van der Waals surface area contributed by atoms with E-state index in [1.165, 1.54) is 6.07 Å². The van der Waals surface area contributed by atoms with Gasteiger partial charge in [-0.05, 0) is 24.6 Å². The number of aryl methyl sites for hydroxylation is 1. The molecule has 0 aromatic heterocycles. The maximum absolute atomic E-state index is 11.6. The molecule has 22 heavy (non-hydrogen) atoms. The van der Waals surface area contributed by atoms with Crippen LogP contribution in [0.1, 0.15) is 5.56 Å². The number of imide groups is 1. The Labute approximate surface area is 125 Å². The van der Waals surface area contributed by atoms with E-state index in [9.17, 15) is 19.2 Å². The highest BCUT2D eigenvalue weighted by Gasteiger charge is 2.25. The van der Waals surface area contributed by atoms with Gasteiger partial charge in [-0.15, -0.1) is 0 Å². The molecular weight excluding hydrogens is 288 g/mol. The number of carbonyl (C=O) groups excluding carboxylic acids is 3. The Bertz CT molecular complexity index is 715. The minimum absolute atomic E-state index is 0.322. The molecule has 112 valence electrons. The molecule has 1 aromatic carbocycles. The maximum atomic E-state index is 11.6. The van der Waals surface area contributed by atoms with E-state index in [2.05, 4.69) is 5.32 Å². The molecule has 1 aliphatic rings. The number of nitrogens with zero attached hydrogens (tertiary/aromatic N) is 1. The number of hydrogen-bond donors (Lipinski definition) is 2. The van der Waals surface area contributed by atoms with Crippen LogP contribution in [0.4, 0.5) is 11.4 Å². The zero-order valence-corrected chi connectivity index (χ0v) is 11.6. The lowest BCUT2D eigenvalue weighted by Gasteiger charge is -2.16. The summed E-state index contributed by atoms with van der Waals surface area (Å²) in [6.45, 7) is 1.73. The minimum Gasteiger partial charge on any atom is -0.478 e. The Hall–Kier alpha value is -3.22. The van der Waals surface area contributed by atoms with Gasteiger partial charge in [-0.1, -0.05) is 6.07 Å². The second-order valence-electron chi connectivity index (χ2n) is 4.51. The van der Waals surface area contributed by atoms with Crippen molar-refractivity contribution in [1.29, 1.82) is 0 Å². The first-order valence-corrected chi connectivity index (χ1v) is 6.27. The molecule has 0 saturated heterocycles. The number of aliphatic carboxylic acids is 1. The molecule has 2 N–H and O–H groups in total. The van der Waals surface area contributed by atoms with Gasteiger partial charge < -0.3 is 10.4 Å². The third-order valence-corrected chi connectivity index (χ3v) is 2.92. The van der Waals surface area contributed by atoms with Crippen LogP contribution in [0.25, 0.3) is 0 Å². The smallest absolute Gasteiger partial charge is 0.328 e. The van der Waals surface area contributed by atoms with Crippen molar-refractivity contribution in [2.75, 3.05) is 10.2 Å². The predicted octanol–water partition coefficient (Wildman–Crippen LogP) is 1.00. The zero-order valence-electron chi connectivity index (χ0n) is 11.6. The Kier molecular flexibility index (Phi) is 4.17. The molecule has 3 amide bonds. The summed E-state index contributed by atoms with van der Waals surface area (Å²) in [6.07, 6.45) is 3.92. The second kappa shape index (κ2) is 6.04. The van der Waals surface area contributed by atoms with E-state index in [-0.39, 0.29) is 0 Å². The van der Waals surface area contributed by atoms with Crippen molar-refractivity contribution in [2.45, 2.75) is 6.92 Å². The molecule has 0 atom stereocenters. The van der Waals surface area contributed by atoms with E-state index in [4.69, 9.17) is 5.11 Å². The molecule has 0 unspecified atom stereocenters. The van der Waals surface area contributed by atoms with Crippen LogP contribution in [-0.2, 0) is 19.2 Å². The summed E-state index contributed by atoms with van der Waals surface area (Å²) < 4.78 is 0. The molecule has 0 fully saturated rings. The van der Waals surface area contributed by atoms with Gasteiger partial charge in [0.05, 0.1) is 5.69 Å². The molecular formula is C15H12N2O5.